The summed E-state index contributed by atoms with van der Waals surface area (Å²) >= 11 is 2.01. The zero-order valence-corrected chi connectivity index (χ0v) is 11.1. The molecule has 0 bridgehead atoms. The number of aromatic nitrogens is 2. The summed E-state index contributed by atoms with van der Waals surface area (Å²) in [6.45, 7) is 2.18. The van der Waals surface area contributed by atoms with Gasteiger partial charge >= 0.3 is 5.69 Å². The van der Waals surface area contributed by atoms with Crippen LogP contribution in [0.5, 0.6) is 0 Å². The standard InChI is InChI=1S/C13H17N3OS/c1-8(14-10-4-5-18-7-10)9-2-3-11-12(6-9)16-13(17)15-11/h2-3,6,8,10,14H,4-5,7H2,1H3,(H2,15,16,17). The number of imidazole rings is 1. The minimum Gasteiger partial charge on any atom is -0.307 e. The van der Waals surface area contributed by atoms with E-state index in [0.717, 1.165) is 11.0 Å². The highest BCUT2D eigenvalue weighted by Gasteiger charge is 2.18. The zero-order valence-electron chi connectivity index (χ0n) is 10.3. The molecule has 1 aromatic heterocycles. The van der Waals surface area contributed by atoms with Crippen molar-refractivity contribution >= 4 is 22.8 Å². The molecule has 1 aliphatic rings. The summed E-state index contributed by atoms with van der Waals surface area (Å²) in [5.74, 6) is 2.46. The third-order valence-corrected chi connectivity index (χ3v) is 4.62. The number of H-pyrrole nitrogens is 2. The lowest BCUT2D eigenvalue weighted by molar-refractivity contribution is 0.486. The molecule has 0 radical (unpaired) electrons. The molecule has 1 saturated heterocycles. The maximum absolute atomic E-state index is 11.2. The van der Waals surface area contributed by atoms with Crippen molar-refractivity contribution in [3.63, 3.8) is 0 Å². The van der Waals surface area contributed by atoms with Gasteiger partial charge in [-0.05, 0) is 36.8 Å². The van der Waals surface area contributed by atoms with Crippen LogP contribution < -0.4 is 11.0 Å². The largest absolute Gasteiger partial charge is 0.323 e. The quantitative estimate of drug-likeness (QED) is 0.794. The van der Waals surface area contributed by atoms with Crippen LogP contribution in [0.25, 0.3) is 11.0 Å². The van der Waals surface area contributed by atoms with Crippen LogP contribution in [-0.4, -0.2) is 27.5 Å². The maximum atomic E-state index is 11.2. The van der Waals surface area contributed by atoms with Gasteiger partial charge < -0.3 is 15.3 Å². The highest BCUT2D eigenvalue weighted by atomic mass is 32.2. The Morgan fingerprint density at radius 2 is 2.22 bits per heavy atom. The lowest BCUT2D eigenvalue weighted by atomic mass is 10.1. The van der Waals surface area contributed by atoms with E-state index >= 15 is 0 Å². The van der Waals surface area contributed by atoms with Crippen molar-refractivity contribution in [2.75, 3.05) is 11.5 Å². The van der Waals surface area contributed by atoms with Crippen molar-refractivity contribution in [2.24, 2.45) is 0 Å². The summed E-state index contributed by atoms with van der Waals surface area (Å²) < 4.78 is 0. The highest BCUT2D eigenvalue weighted by Crippen LogP contribution is 2.22. The van der Waals surface area contributed by atoms with Crippen LogP contribution in [0.2, 0.25) is 0 Å². The molecule has 5 heteroatoms. The Morgan fingerprint density at radius 1 is 1.39 bits per heavy atom. The van der Waals surface area contributed by atoms with Gasteiger partial charge in [0.15, 0.2) is 0 Å². The topological polar surface area (TPSA) is 60.7 Å². The van der Waals surface area contributed by atoms with Gasteiger partial charge in [-0.15, -0.1) is 0 Å². The molecule has 0 aliphatic carbocycles. The number of fused-ring (bicyclic) bond motifs is 1. The molecule has 0 saturated carbocycles. The monoisotopic (exact) mass is 263 g/mol. The zero-order chi connectivity index (χ0) is 12.5. The first-order valence-electron chi connectivity index (χ1n) is 6.28. The van der Waals surface area contributed by atoms with Crippen LogP contribution in [0.15, 0.2) is 23.0 Å². The van der Waals surface area contributed by atoms with Gasteiger partial charge in [0.05, 0.1) is 11.0 Å². The van der Waals surface area contributed by atoms with E-state index in [1.807, 2.05) is 23.9 Å². The fourth-order valence-electron chi connectivity index (χ4n) is 2.44. The number of aromatic amines is 2. The smallest absolute Gasteiger partial charge is 0.307 e. The van der Waals surface area contributed by atoms with Crippen molar-refractivity contribution in [1.29, 1.82) is 0 Å². The minimum atomic E-state index is -0.144. The molecule has 2 unspecified atom stereocenters. The van der Waals surface area contributed by atoms with Crippen LogP contribution in [0.1, 0.15) is 24.9 Å². The van der Waals surface area contributed by atoms with Gasteiger partial charge in [0.25, 0.3) is 0 Å². The van der Waals surface area contributed by atoms with Crippen molar-refractivity contribution in [3.05, 3.63) is 34.2 Å². The lowest BCUT2D eigenvalue weighted by Gasteiger charge is -2.19. The first kappa shape index (κ1) is 11.9. The van der Waals surface area contributed by atoms with E-state index in [1.165, 1.54) is 23.5 Å². The Hall–Kier alpha value is -1.20. The molecule has 1 aliphatic heterocycles. The van der Waals surface area contributed by atoms with Crippen LogP contribution in [0.4, 0.5) is 0 Å². The number of hydrogen-bond donors (Lipinski definition) is 3. The second-order valence-corrected chi connectivity index (χ2v) is 5.98. The molecule has 2 heterocycles. The average molecular weight is 263 g/mol. The van der Waals surface area contributed by atoms with Crippen molar-refractivity contribution in [1.82, 2.24) is 15.3 Å². The fourth-order valence-corrected chi connectivity index (χ4v) is 3.60. The van der Waals surface area contributed by atoms with Crippen LogP contribution in [0.3, 0.4) is 0 Å². The van der Waals surface area contributed by atoms with Gasteiger partial charge in [0, 0.05) is 17.8 Å². The number of rotatable bonds is 3. The summed E-state index contributed by atoms with van der Waals surface area (Å²) in [7, 11) is 0. The molecule has 0 spiro atoms. The second-order valence-electron chi connectivity index (χ2n) is 4.83. The van der Waals surface area contributed by atoms with Gasteiger partial charge in [-0.2, -0.15) is 11.8 Å². The van der Waals surface area contributed by atoms with E-state index in [-0.39, 0.29) is 5.69 Å². The molecule has 96 valence electrons. The summed E-state index contributed by atoms with van der Waals surface area (Å²) in [6.07, 6.45) is 1.25. The molecule has 18 heavy (non-hydrogen) atoms. The first-order chi connectivity index (χ1) is 8.72. The normalized spacial score (nSPS) is 21.5. The Labute approximate surface area is 110 Å². The Balaban J connectivity index is 1.81. The van der Waals surface area contributed by atoms with E-state index in [2.05, 4.69) is 28.3 Å². The predicted molar refractivity (Wildman–Crippen MR) is 76.2 cm³/mol. The summed E-state index contributed by atoms with van der Waals surface area (Å²) in [6, 6.07) is 7.02. The Morgan fingerprint density at radius 3 is 3.00 bits per heavy atom. The second kappa shape index (κ2) is 4.82. The first-order valence-corrected chi connectivity index (χ1v) is 7.43. The molecule has 3 rings (SSSR count). The van der Waals surface area contributed by atoms with Gasteiger partial charge in [0.2, 0.25) is 0 Å². The van der Waals surface area contributed by atoms with E-state index in [0.29, 0.717) is 12.1 Å². The summed E-state index contributed by atoms with van der Waals surface area (Å²) in [4.78, 5) is 16.8. The summed E-state index contributed by atoms with van der Waals surface area (Å²) in [5.41, 5.74) is 2.82. The Bertz CT molecular complexity index is 598. The average Bonchev–Trinajstić information content (AvgIpc) is 2.95. The molecule has 3 N–H and O–H groups in total. The van der Waals surface area contributed by atoms with Crippen LogP contribution >= 0.6 is 11.8 Å². The van der Waals surface area contributed by atoms with Gasteiger partial charge in [-0.25, -0.2) is 4.79 Å². The molecule has 4 nitrogen and oxygen atoms in total. The minimum absolute atomic E-state index is 0.144. The van der Waals surface area contributed by atoms with E-state index in [4.69, 9.17) is 0 Å². The van der Waals surface area contributed by atoms with Crippen molar-refractivity contribution in [3.8, 4) is 0 Å². The molecule has 1 aromatic carbocycles. The predicted octanol–water partition coefficient (Wildman–Crippen LogP) is 2.01. The summed E-state index contributed by atoms with van der Waals surface area (Å²) in [5, 5.41) is 3.64. The van der Waals surface area contributed by atoms with E-state index < -0.39 is 0 Å². The number of benzene rings is 1. The Kier molecular flexibility index (Phi) is 3.18. The third-order valence-electron chi connectivity index (χ3n) is 3.46. The SMILES string of the molecule is CC(NC1CCSC1)c1ccc2[nH]c(=O)[nH]c2c1. The van der Waals surface area contributed by atoms with Crippen LogP contribution in [0, 0.1) is 0 Å². The molecule has 2 atom stereocenters. The maximum Gasteiger partial charge on any atom is 0.323 e. The van der Waals surface area contributed by atoms with Gasteiger partial charge in [-0.1, -0.05) is 6.07 Å². The molecular formula is C13H17N3OS. The van der Waals surface area contributed by atoms with Gasteiger partial charge in [-0.3, -0.25) is 0 Å². The molecule has 0 amide bonds. The molecular weight excluding hydrogens is 246 g/mol. The van der Waals surface area contributed by atoms with Gasteiger partial charge in [0.1, 0.15) is 0 Å². The highest BCUT2D eigenvalue weighted by molar-refractivity contribution is 7.99. The third kappa shape index (κ3) is 2.33. The van der Waals surface area contributed by atoms with E-state index in [9.17, 15) is 4.79 Å². The molecule has 1 fully saturated rings. The van der Waals surface area contributed by atoms with Crippen LogP contribution in [-0.2, 0) is 0 Å². The number of nitrogens with one attached hydrogen (secondary N) is 3. The number of hydrogen-bond acceptors (Lipinski definition) is 3. The molecule has 2 aromatic rings. The van der Waals surface area contributed by atoms with Crippen molar-refractivity contribution < 1.29 is 0 Å². The van der Waals surface area contributed by atoms with E-state index in [1.54, 1.807) is 0 Å². The van der Waals surface area contributed by atoms with Crippen molar-refractivity contribution in [2.45, 2.75) is 25.4 Å². The number of thioether (sulfide) groups is 1. The fraction of sp³-hybridized carbons (Fsp3) is 0.462. The lowest BCUT2D eigenvalue weighted by Crippen LogP contribution is -2.31.